The highest BCUT2D eigenvalue weighted by Crippen LogP contribution is 2.17. The minimum absolute atomic E-state index is 0.0352. The lowest BCUT2D eigenvalue weighted by Gasteiger charge is -2.10. The first-order valence-corrected chi connectivity index (χ1v) is 8.48. The zero-order valence-corrected chi connectivity index (χ0v) is 14.9. The molecule has 26 heavy (non-hydrogen) atoms. The quantitative estimate of drug-likeness (QED) is 0.599. The summed E-state index contributed by atoms with van der Waals surface area (Å²) in [6.45, 7) is 8.09. The summed E-state index contributed by atoms with van der Waals surface area (Å²) in [6, 6.07) is 3.65. The first kappa shape index (κ1) is 17.7. The van der Waals surface area contributed by atoms with Crippen LogP contribution in [0.1, 0.15) is 39.4 Å². The molecular formula is C19H20N4O3. The third kappa shape index (κ3) is 2.64. The first-order chi connectivity index (χ1) is 12.4. The average molecular weight is 352 g/mol. The van der Waals surface area contributed by atoms with Crippen molar-refractivity contribution in [3.63, 3.8) is 0 Å². The normalized spacial score (nSPS) is 12.7. The van der Waals surface area contributed by atoms with Gasteiger partial charge in [0.15, 0.2) is 5.78 Å². The van der Waals surface area contributed by atoms with Crippen LogP contribution in [0.2, 0.25) is 0 Å². The van der Waals surface area contributed by atoms with Crippen molar-refractivity contribution in [2.45, 2.75) is 46.3 Å². The van der Waals surface area contributed by atoms with Crippen LogP contribution < -0.4 is 11.2 Å². The Morgan fingerprint density at radius 3 is 2.73 bits per heavy atom. The number of allylic oxidation sites excluding steroid dienone is 1. The number of rotatable bonds is 5. The zero-order chi connectivity index (χ0) is 19.0. The number of aromatic nitrogens is 3. The maximum absolute atomic E-state index is 12.8. The molecular weight excluding hydrogens is 332 g/mol. The summed E-state index contributed by atoms with van der Waals surface area (Å²) in [5, 5.41) is 9.32. The molecule has 0 unspecified atom stereocenters. The molecule has 0 N–H and O–H groups in total. The molecule has 0 spiro atoms. The number of nitriles is 1. The van der Waals surface area contributed by atoms with Crippen LogP contribution in [0.5, 0.6) is 0 Å². The maximum Gasteiger partial charge on any atom is 0.331 e. The summed E-state index contributed by atoms with van der Waals surface area (Å²) in [6.07, 6.45) is 2.99. The third-order valence-electron chi connectivity index (χ3n) is 4.93. The number of fused-ring (bicyclic) bond motifs is 1. The second-order valence-corrected chi connectivity index (χ2v) is 6.47. The van der Waals surface area contributed by atoms with Crippen molar-refractivity contribution in [2.24, 2.45) is 0 Å². The van der Waals surface area contributed by atoms with Gasteiger partial charge in [-0.3, -0.25) is 18.7 Å². The van der Waals surface area contributed by atoms with Crippen LogP contribution in [0.4, 0.5) is 0 Å². The number of hydrogen-bond acceptors (Lipinski definition) is 4. The molecule has 3 rings (SSSR count). The van der Waals surface area contributed by atoms with Gasteiger partial charge in [0, 0.05) is 35.7 Å². The molecule has 3 heterocycles. The molecule has 2 aromatic heterocycles. The smallest absolute Gasteiger partial charge is 0.331 e. The van der Waals surface area contributed by atoms with E-state index in [1.165, 1.54) is 4.57 Å². The van der Waals surface area contributed by atoms with Gasteiger partial charge in [0.2, 0.25) is 0 Å². The number of nitrogens with zero attached hydrogens (tertiary/aromatic N) is 4. The second kappa shape index (κ2) is 6.64. The number of ketones is 1. The first-order valence-electron chi connectivity index (χ1n) is 8.48. The third-order valence-corrected chi connectivity index (χ3v) is 4.93. The molecule has 0 fully saturated rings. The molecule has 0 aromatic carbocycles. The van der Waals surface area contributed by atoms with E-state index in [0.29, 0.717) is 37.2 Å². The minimum atomic E-state index is -0.682. The predicted molar refractivity (Wildman–Crippen MR) is 96.4 cm³/mol. The van der Waals surface area contributed by atoms with Crippen LogP contribution in [0.3, 0.4) is 0 Å². The van der Waals surface area contributed by atoms with Crippen molar-refractivity contribution in [2.75, 3.05) is 0 Å². The summed E-state index contributed by atoms with van der Waals surface area (Å²) in [5.41, 5.74) is 1.39. The van der Waals surface area contributed by atoms with Crippen LogP contribution in [-0.4, -0.2) is 19.5 Å². The highest BCUT2D eigenvalue weighted by Gasteiger charge is 2.24. The molecule has 0 saturated carbocycles. The number of carbonyl (C=O) groups is 1. The minimum Gasteiger partial charge on any atom is -0.345 e. The van der Waals surface area contributed by atoms with Gasteiger partial charge in [-0.15, -0.1) is 6.58 Å². The lowest BCUT2D eigenvalue weighted by molar-refractivity contribution is 0.0967. The largest absolute Gasteiger partial charge is 0.345 e. The second-order valence-electron chi connectivity index (χ2n) is 6.47. The number of Topliss-reactive ketones (excluding diaryl/α,β-unsaturated/α-hetero) is 1. The summed E-state index contributed by atoms with van der Waals surface area (Å²) < 4.78 is 4.27. The Kier molecular flexibility index (Phi) is 4.51. The lowest BCUT2D eigenvalue weighted by atomic mass is 10.1. The van der Waals surface area contributed by atoms with Crippen molar-refractivity contribution < 1.29 is 4.79 Å². The van der Waals surface area contributed by atoms with Crippen LogP contribution in [0, 0.1) is 25.2 Å². The Balaban J connectivity index is 2.06. The number of hydrogen-bond donors (Lipinski definition) is 0. The van der Waals surface area contributed by atoms with E-state index in [4.69, 9.17) is 0 Å². The summed E-state index contributed by atoms with van der Waals surface area (Å²) in [5.74, 6) is -0.324. The van der Waals surface area contributed by atoms with Gasteiger partial charge in [0.05, 0.1) is 6.54 Å². The fourth-order valence-corrected chi connectivity index (χ4v) is 3.61. The van der Waals surface area contributed by atoms with Gasteiger partial charge >= 0.3 is 5.69 Å². The van der Waals surface area contributed by atoms with Crippen LogP contribution >= 0.6 is 0 Å². The zero-order valence-electron chi connectivity index (χ0n) is 14.9. The van der Waals surface area contributed by atoms with E-state index in [2.05, 4.69) is 6.58 Å². The fraction of sp³-hybridized carbons (Fsp3) is 0.368. The van der Waals surface area contributed by atoms with Crippen molar-refractivity contribution in [3.8, 4) is 6.07 Å². The van der Waals surface area contributed by atoms with E-state index in [-0.39, 0.29) is 17.9 Å². The Morgan fingerprint density at radius 2 is 2.08 bits per heavy atom. The molecule has 1 aliphatic rings. The van der Waals surface area contributed by atoms with E-state index in [1.807, 2.05) is 24.5 Å². The average Bonchev–Trinajstić information content (AvgIpc) is 3.19. The van der Waals surface area contributed by atoms with Crippen LogP contribution in [0.25, 0.3) is 0 Å². The SMILES string of the molecule is C=CCn1c(C)cc(C(=O)Cn2c(=O)c(C#N)c3n(c2=O)CCC3)c1C. The van der Waals surface area contributed by atoms with Gasteiger partial charge in [0.1, 0.15) is 11.6 Å². The molecule has 0 saturated heterocycles. The lowest BCUT2D eigenvalue weighted by Crippen LogP contribution is -2.43. The van der Waals surface area contributed by atoms with E-state index in [9.17, 15) is 19.6 Å². The number of aryl methyl sites for hydroxylation is 1. The monoisotopic (exact) mass is 352 g/mol. The van der Waals surface area contributed by atoms with Gasteiger partial charge in [-0.2, -0.15) is 5.26 Å². The van der Waals surface area contributed by atoms with Gasteiger partial charge in [0.25, 0.3) is 5.56 Å². The van der Waals surface area contributed by atoms with Gasteiger partial charge in [-0.05, 0) is 32.8 Å². The van der Waals surface area contributed by atoms with Crippen molar-refractivity contribution >= 4 is 5.78 Å². The molecule has 2 aromatic rings. The highest BCUT2D eigenvalue weighted by atomic mass is 16.2. The Hall–Kier alpha value is -3.14. The topological polar surface area (TPSA) is 89.8 Å². The van der Waals surface area contributed by atoms with E-state index in [1.54, 1.807) is 12.1 Å². The molecule has 0 atom stereocenters. The van der Waals surface area contributed by atoms with Gasteiger partial charge in [-0.1, -0.05) is 6.08 Å². The highest BCUT2D eigenvalue weighted by molar-refractivity contribution is 5.97. The Bertz CT molecular complexity index is 1080. The predicted octanol–water partition coefficient (Wildman–Crippen LogP) is 1.32. The van der Waals surface area contributed by atoms with E-state index < -0.39 is 11.2 Å². The molecule has 7 heteroatoms. The van der Waals surface area contributed by atoms with Crippen LogP contribution in [0.15, 0.2) is 28.3 Å². The summed E-state index contributed by atoms with van der Waals surface area (Å²) in [7, 11) is 0. The molecule has 0 radical (unpaired) electrons. The van der Waals surface area contributed by atoms with Crippen molar-refractivity contribution in [3.05, 3.63) is 67.8 Å². The number of carbonyl (C=O) groups excluding carboxylic acids is 1. The molecule has 0 amide bonds. The van der Waals surface area contributed by atoms with Gasteiger partial charge in [-0.25, -0.2) is 4.79 Å². The Morgan fingerprint density at radius 1 is 1.35 bits per heavy atom. The molecule has 0 aliphatic carbocycles. The summed E-state index contributed by atoms with van der Waals surface area (Å²) in [4.78, 5) is 38.0. The van der Waals surface area contributed by atoms with Gasteiger partial charge < -0.3 is 4.57 Å². The van der Waals surface area contributed by atoms with Crippen molar-refractivity contribution in [1.29, 1.82) is 5.26 Å². The Labute approximate surface area is 150 Å². The van der Waals surface area contributed by atoms with Crippen molar-refractivity contribution in [1.82, 2.24) is 13.7 Å². The fourth-order valence-electron chi connectivity index (χ4n) is 3.61. The molecule has 7 nitrogen and oxygen atoms in total. The standard InChI is InChI=1S/C19H20N4O3/c1-4-7-21-12(2)9-14(13(21)3)17(24)11-23-18(25)15(10-20)16-6-5-8-22(16)19(23)26/h4,9H,1,5-8,11H2,2-3H3. The molecule has 1 aliphatic heterocycles. The van der Waals surface area contributed by atoms with E-state index >= 15 is 0 Å². The van der Waals surface area contributed by atoms with E-state index in [0.717, 1.165) is 16.0 Å². The maximum atomic E-state index is 12.8. The van der Waals surface area contributed by atoms with Crippen LogP contribution in [-0.2, 0) is 26.1 Å². The molecule has 134 valence electrons. The molecule has 0 bridgehead atoms. The summed E-state index contributed by atoms with van der Waals surface area (Å²) >= 11 is 0.